The van der Waals surface area contributed by atoms with E-state index in [1.165, 1.54) is 17.9 Å². The molecule has 27 heavy (non-hydrogen) atoms. The standard InChI is InChI=1S/C21H17ClI2N2O/c22-18-3-1-2-4-19(18)25-11-15(27)12-26-20-7-5-13(23)9-16(20)17-10-14(24)6-8-21(17)26/h1-10,15,25,27H,11-12H2/t15-/m1/s1. The molecule has 0 radical (unpaired) electrons. The van der Waals surface area contributed by atoms with Crippen molar-refractivity contribution in [2.45, 2.75) is 12.6 Å². The molecule has 0 spiro atoms. The molecule has 4 rings (SSSR count). The summed E-state index contributed by atoms with van der Waals surface area (Å²) in [6.07, 6.45) is -0.543. The molecule has 0 fully saturated rings. The Balaban J connectivity index is 1.65. The lowest BCUT2D eigenvalue weighted by atomic mass is 10.2. The lowest BCUT2D eigenvalue weighted by molar-refractivity contribution is 0.169. The van der Waals surface area contributed by atoms with Crippen LogP contribution in [0.4, 0.5) is 5.69 Å². The number of nitrogens with one attached hydrogen (secondary N) is 1. The van der Waals surface area contributed by atoms with E-state index in [1.54, 1.807) is 0 Å². The van der Waals surface area contributed by atoms with Crippen LogP contribution < -0.4 is 5.32 Å². The van der Waals surface area contributed by atoms with Crippen molar-refractivity contribution in [1.29, 1.82) is 0 Å². The first-order valence-corrected chi connectivity index (χ1v) is 11.1. The van der Waals surface area contributed by atoms with Gasteiger partial charge in [-0.1, -0.05) is 23.7 Å². The van der Waals surface area contributed by atoms with Crippen molar-refractivity contribution in [3.63, 3.8) is 0 Å². The Morgan fingerprint density at radius 3 is 2.11 bits per heavy atom. The average molecular weight is 603 g/mol. The third-order valence-corrected chi connectivity index (χ3v) is 6.26. The molecule has 1 heterocycles. The minimum Gasteiger partial charge on any atom is -0.389 e. The molecule has 0 saturated heterocycles. The maximum absolute atomic E-state index is 10.7. The van der Waals surface area contributed by atoms with Gasteiger partial charge in [-0.15, -0.1) is 0 Å². The van der Waals surface area contributed by atoms with Crippen LogP contribution in [0.5, 0.6) is 0 Å². The number of aliphatic hydroxyl groups is 1. The fraction of sp³-hybridized carbons (Fsp3) is 0.143. The van der Waals surface area contributed by atoms with E-state index in [4.69, 9.17) is 11.6 Å². The molecule has 0 bridgehead atoms. The highest BCUT2D eigenvalue weighted by Gasteiger charge is 2.15. The molecule has 0 aliphatic carbocycles. The molecule has 0 unspecified atom stereocenters. The van der Waals surface area contributed by atoms with Crippen LogP contribution >= 0.6 is 56.8 Å². The largest absolute Gasteiger partial charge is 0.389 e. The molecule has 1 aromatic heterocycles. The van der Waals surface area contributed by atoms with Crippen LogP contribution in [0.3, 0.4) is 0 Å². The van der Waals surface area contributed by atoms with Crippen LogP contribution in [0.15, 0.2) is 60.7 Å². The minimum atomic E-state index is -0.543. The molecule has 3 aromatic carbocycles. The minimum absolute atomic E-state index is 0.430. The SMILES string of the molecule is O[C@H](CNc1ccccc1Cl)Cn1c2ccc(I)cc2c2cc(I)ccc21. The van der Waals surface area contributed by atoms with E-state index < -0.39 is 6.10 Å². The summed E-state index contributed by atoms with van der Waals surface area (Å²) < 4.78 is 4.62. The number of aliphatic hydroxyl groups excluding tert-OH is 1. The van der Waals surface area contributed by atoms with Gasteiger partial charge in [0.2, 0.25) is 0 Å². The molecule has 138 valence electrons. The van der Waals surface area contributed by atoms with Crippen molar-refractivity contribution in [1.82, 2.24) is 4.57 Å². The zero-order valence-corrected chi connectivity index (χ0v) is 19.4. The molecule has 4 aromatic rings. The van der Waals surface area contributed by atoms with E-state index in [2.05, 4.69) is 91.5 Å². The van der Waals surface area contributed by atoms with Gasteiger partial charge >= 0.3 is 0 Å². The average Bonchev–Trinajstić information content (AvgIpc) is 2.93. The Morgan fingerprint density at radius 1 is 0.926 bits per heavy atom. The maximum atomic E-state index is 10.7. The van der Waals surface area contributed by atoms with Crippen molar-refractivity contribution >= 4 is 84.3 Å². The number of anilines is 1. The van der Waals surface area contributed by atoms with Crippen LogP contribution in [0, 0.1) is 7.14 Å². The van der Waals surface area contributed by atoms with E-state index in [0.29, 0.717) is 18.1 Å². The van der Waals surface area contributed by atoms with Gasteiger partial charge in [-0.2, -0.15) is 0 Å². The van der Waals surface area contributed by atoms with E-state index in [0.717, 1.165) is 16.7 Å². The van der Waals surface area contributed by atoms with Crippen molar-refractivity contribution in [2.24, 2.45) is 0 Å². The van der Waals surface area contributed by atoms with Gasteiger partial charge in [0.1, 0.15) is 0 Å². The van der Waals surface area contributed by atoms with Gasteiger partial charge in [-0.3, -0.25) is 0 Å². The number of para-hydroxylation sites is 1. The van der Waals surface area contributed by atoms with Crippen molar-refractivity contribution in [3.05, 3.63) is 72.8 Å². The molecule has 2 N–H and O–H groups in total. The second-order valence-corrected chi connectivity index (χ2v) is 9.35. The zero-order chi connectivity index (χ0) is 19.0. The Hall–Kier alpha value is -1.03. The van der Waals surface area contributed by atoms with Crippen LogP contribution in [0.1, 0.15) is 0 Å². The van der Waals surface area contributed by atoms with Gasteiger partial charge in [-0.25, -0.2) is 0 Å². The number of halogens is 3. The Bertz CT molecular complexity index is 1070. The molecule has 0 saturated carbocycles. The second-order valence-electron chi connectivity index (χ2n) is 6.45. The van der Waals surface area contributed by atoms with E-state index in [1.807, 2.05) is 24.3 Å². The predicted octanol–water partition coefficient (Wildman–Crippen LogP) is 6.13. The van der Waals surface area contributed by atoms with Crippen LogP contribution in [0.25, 0.3) is 21.8 Å². The highest BCUT2D eigenvalue weighted by Crippen LogP contribution is 2.31. The van der Waals surface area contributed by atoms with E-state index in [9.17, 15) is 5.11 Å². The Kier molecular flexibility index (Phi) is 5.82. The molecule has 3 nitrogen and oxygen atoms in total. The van der Waals surface area contributed by atoms with Gasteiger partial charge in [0.25, 0.3) is 0 Å². The summed E-state index contributed by atoms with van der Waals surface area (Å²) >= 11 is 10.9. The maximum Gasteiger partial charge on any atom is 0.0891 e. The Morgan fingerprint density at radius 2 is 1.52 bits per heavy atom. The third kappa shape index (κ3) is 4.06. The first-order valence-electron chi connectivity index (χ1n) is 8.56. The molecule has 6 heteroatoms. The third-order valence-electron chi connectivity index (χ3n) is 4.58. The Labute approximate surface area is 190 Å². The number of hydrogen-bond acceptors (Lipinski definition) is 2. The highest BCUT2D eigenvalue weighted by molar-refractivity contribution is 14.1. The quantitative estimate of drug-likeness (QED) is 0.270. The smallest absolute Gasteiger partial charge is 0.0891 e. The highest BCUT2D eigenvalue weighted by atomic mass is 127. The predicted molar refractivity (Wildman–Crippen MR) is 131 cm³/mol. The fourth-order valence-corrected chi connectivity index (χ4v) is 4.54. The lowest BCUT2D eigenvalue weighted by Gasteiger charge is -2.16. The van der Waals surface area contributed by atoms with Gasteiger partial charge in [0, 0.05) is 35.5 Å². The van der Waals surface area contributed by atoms with Crippen molar-refractivity contribution < 1.29 is 5.11 Å². The van der Waals surface area contributed by atoms with Crippen LogP contribution in [0.2, 0.25) is 5.02 Å². The summed E-state index contributed by atoms with van der Waals surface area (Å²) in [5, 5.41) is 17.0. The first-order chi connectivity index (χ1) is 13.0. The zero-order valence-electron chi connectivity index (χ0n) is 14.3. The summed E-state index contributed by atoms with van der Waals surface area (Å²) in [7, 11) is 0. The molecular weight excluding hydrogens is 586 g/mol. The topological polar surface area (TPSA) is 37.2 Å². The first kappa shape index (κ1) is 19.3. The van der Waals surface area contributed by atoms with Gasteiger partial charge < -0.3 is 15.0 Å². The van der Waals surface area contributed by atoms with E-state index >= 15 is 0 Å². The van der Waals surface area contributed by atoms with Crippen molar-refractivity contribution in [2.75, 3.05) is 11.9 Å². The van der Waals surface area contributed by atoms with Gasteiger partial charge in [0.15, 0.2) is 0 Å². The summed E-state index contributed by atoms with van der Waals surface area (Å²) in [6, 6.07) is 20.5. The number of fused-ring (bicyclic) bond motifs is 3. The molecule has 0 aliphatic rings. The number of hydrogen-bond donors (Lipinski definition) is 2. The molecule has 1 atom stereocenters. The number of rotatable bonds is 5. The summed E-state index contributed by atoms with van der Waals surface area (Å²) in [4.78, 5) is 0. The molecular formula is C21H17ClI2N2O. The summed E-state index contributed by atoms with van der Waals surface area (Å²) in [5.74, 6) is 0. The molecule has 0 amide bonds. The number of nitrogens with zero attached hydrogens (tertiary/aromatic N) is 1. The lowest BCUT2D eigenvalue weighted by Crippen LogP contribution is -2.25. The number of aromatic nitrogens is 1. The molecule has 0 aliphatic heterocycles. The van der Waals surface area contributed by atoms with Gasteiger partial charge in [0.05, 0.1) is 23.4 Å². The summed E-state index contributed by atoms with van der Waals surface area (Å²) in [6.45, 7) is 0.943. The number of benzene rings is 3. The second kappa shape index (κ2) is 8.14. The van der Waals surface area contributed by atoms with Gasteiger partial charge in [-0.05, 0) is 93.7 Å². The fourth-order valence-electron chi connectivity index (χ4n) is 3.35. The van der Waals surface area contributed by atoms with Crippen molar-refractivity contribution in [3.8, 4) is 0 Å². The summed E-state index contributed by atoms with van der Waals surface area (Å²) in [5.41, 5.74) is 3.12. The monoisotopic (exact) mass is 602 g/mol. The van der Waals surface area contributed by atoms with E-state index in [-0.39, 0.29) is 0 Å². The normalized spacial score (nSPS) is 12.6. The van der Waals surface area contributed by atoms with Crippen LogP contribution in [-0.4, -0.2) is 22.3 Å². The van der Waals surface area contributed by atoms with Crippen LogP contribution in [-0.2, 0) is 6.54 Å².